The van der Waals surface area contributed by atoms with E-state index in [1.165, 1.54) is 5.56 Å². The molecule has 4 rings (SSSR count). The smallest absolute Gasteiger partial charge is 0.160 e. The maximum atomic E-state index is 10.4. The van der Waals surface area contributed by atoms with Crippen LogP contribution in [0.25, 0.3) is 5.65 Å². The average molecular weight is 309 g/mol. The highest BCUT2D eigenvalue weighted by Crippen LogP contribution is 2.35. The van der Waals surface area contributed by atoms with Crippen LogP contribution in [0.4, 0.5) is 5.69 Å². The number of pyridine rings is 1. The SMILES string of the molecule is Cc1nc2c(N[C@@H]3c4ccccc4C[C@H]3O)cccn2c1CO. The summed E-state index contributed by atoms with van der Waals surface area (Å²) in [7, 11) is 0. The standard InChI is InChI=1S/C18H19N3O2/c1-11-15(10-22)21-8-4-7-14(18(21)19-11)20-17-13-6-3-2-5-12(13)9-16(17)23/h2-8,16-17,20,22-23H,9-10H2,1H3/t16-,17-/m1/s1. The van der Waals surface area contributed by atoms with Crippen LogP contribution in [0.2, 0.25) is 0 Å². The summed E-state index contributed by atoms with van der Waals surface area (Å²) in [6, 6.07) is 11.8. The number of aliphatic hydroxyl groups is 2. The molecule has 2 atom stereocenters. The van der Waals surface area contributed by atoms with E-state index in [1.807, 2.05) is 41.8 Å². The molecule has 0 saturated heterocycles. The van der Waals surface area contributed by atoms with Gasteiger partial charge in [0, 0.05) is 12.6 Å². The first-order valence-electron chi connectivity index (χ1n) is 7.79. The largest absolute Gasteiger partial charge is 0.390 e. The summed E-state index contributed by atoms with van der Waals surface area (Å²) in [4.78, 5) is 4.57. The van der Waals surface area contributed by atoms with Crippen molar-refractivity contribution in [1.29, 1.82) is 0 Å². The van der Waals surface area contributed by atoms with E-state index in [2.05, 4.69) is 22.4 Å². The highest BCUT2D eigenvalue weighted by Gasteiger charge is 2.31. The molecule has 2 aromatic heterocycles. The van der Waals surface area contributed by atoms with E-state index < -0.39 is 6.10 Å². The molecule has 1 aliphatic rings. The lowest BCUT2D eigenvalue weighted by molar-refractivity contribution is 0.166. The third-order valence-corrected chi connectivity index (χ3v) is 4.61. The molecule has 0 radical (unpaired) electrons. The number of aliphatic hydroxyl groups excluding tert-OH is 2. The Morgan fingerprint density at radius 2 is 2.09 bits per heavy atom. The molecule has 0 bridgehead atoms. The van der Waals surface area contributed by atoms with E-state index in [9.17, 15) is 10.2 Å². The number of hydrogen-bond acceptors (Lipinski definition) is 4. The van der Waals surface area contributed by atoms with Crippen LogP contribution in [0.3, 0.4) is 0 Å². The molecular weight excluding hydrogens is 290 g/mol. The van der Waals surface area contributed by atoms with Crippen molar-refractivity contribution >= 4 is 11.3 Å². The van der Waals surface area contributed by atoms with Crippen molar-refractivity contribution in [2.75, 3.05) is 5.32 Å². The van der Waals surface area contributed by atoms with Crippen molar-refractivity contribution in [1.82, 2.24) is 9.38 Å². The van der Waals surface area contributed by atoms with E-state index in [4.69, 9.17) is 0 Å². The molecule has 23 heavy (non-hydrogen) atoms. The van der Waals surface area contributed by atoms with E-state index >= 15 is 0 Å². The molecule has 2 heterocycles. The van der Waals surface area contributed by atoms with Crippen molar-refractivity contribution in [3.63, 3.8) is 0 Å². The summed E-state index contributed by atoms with van der Waals surface area (Å²) in [5.41, 5.74) is 5.54. The van der Waals surface area contributed by atoms with Crippen molar-refractivity contribution < 1.29 is 10.2 Å². The topological polar surface area (TPSA) is 69.8 Å². The highest BCUT2D eigenvalue weighted by molar-refractivity contribution is 5.69. The second-order valence-electron chi connectivity index (χ2n) is 6.01. The Balaban J connectivity index is 1.77. The number of rotatable bonds is 3. The zero-order valence-electron chi connectivity index (χ0n) is 12.9. The zero-order valence-corrected chi connectivity index (χ0v) is 12.9. The molecule has 1 aliphatic carbocycles. The summed E-state index contributed by atoms with van der Waals surface area (Å²) < 4.78 is 1.89. The summed E-state index contributed by atoms with van der Waals surface area (Å²) in [6.45, 7) is 1.84. The molecular formula is C18H19N3O2. The summed E-state index contributed by atoms with van der Waals surface area (Å²) in [5, 5.41) is 23.4. The minimum Gasteiger partial charge on any atom is -0.390 e. The number of nitrogens with zero attached hydrogens (tertiary/aromatic N) is 2. The van der Waals surface area contributed by atoms with Crippen molar-refractivity contribution in [2.24, 2.45) is 0 Å². The number of benzene rings is 1. The Morgan fingerprint density at radius 3 is 2.91 bits per heavy atom. The number of nitrogens with one attached hydrogen (secondary N) is 1. The lowest BCUT2D eigenvalue weighted by atomic mass is 10.1. The average Bonchev–Trinajstić information content (AvgIpc) is 3.04. The Hall–Kier alpha value is -2.37. The van der Waals surface area contributed by atoms with Gasteiger partial charge in [0.05, 0.1) is 35.8 Å². The van der Waals surface area contributed by atoms with Gasteiger partial charge in [0.25, 0.3) is 0 Å². The fourth-order valence-corrected chi connectivity index (χ4v) is 3.45. The first-order chi connectivity index (χ1) is 11.2. The van der Waals surface area contributed by atoms with Gasteiger partial charge < -0.3 is 15.5 Å². The van der Waals surface area contributed by atoms with Crippen molar-refractivity contribution in [3.8, 4) is 0 Å². The van der Waals surface area contributed by atoms with Gasteiger partial charge in [-0.15, -0.1) is 0 Å². The minimum absolute atomic E-state index is 0.0503. The third kappa shape index (κ3) is 2.20. The van der Waals surface area contributed by atoms with Gasteiger partial charge in [-0.05, 0) is 30.2 Å². The molecule has 0 spiro atoms. The predicted molar refractivity (Wildman–Crippen MR) is 88.4 cm³/mol. The molecule has 3 N–H and O–H groups in total. The predicted octanol–water partition coefficient (Wildman–Crippen LogP) is 2.21. The number of aromatic nitrogens is 2. The fraction of sp³-hybridized carbons (Fsp3) is 0.278. The van der Waals surface area contributed by atoms with E-state index in [0.29, 0.717) is 6.42 Å². The van der Waals surface area contributed by atoms with Gasteiger partial charge in [-0.1, -0.05) is 24.3 Å². The Bertz CT molecular complexity index is 872. The maximum absolute atomic E-state index is 10.4. The van der Waals surface area contributed by atoms with Crippen LogP contribution < -0.4 is 5.32 Å². The van der Waals surface area contributed by atoms with E-state index in [1.54, 1.807) is 0 Å². The van der Waals surface area contributed by atoms with Gasteiger partial charge in [0.15, 0.2) is 5.65 Å². The van der Waals surface area contributed by atoms with Crippen molar-refractivity contribution in [2.45, 2.75) is 32.1 Å². The minimum atomic E-state index is -0.457. The normalized spacial score (nSPS) is 20.0. The molecule has 0 fully saturated rings. The molecule has 5 heteroatoms. The van der Waals surface area contributed by atoms with Gasteiger partial charge in [-0.3, -0.25) is 4.40 Å². The van der Waals surface area contributed by atoms with Gasteiger partial charge in [-0.2, -0.15) is 0 Å². The molecule has 1 aromatic carbocycles. The second kappa shape index (κ2) is 5.37. The maximum Gasteiger partial charge on any atom is 0.160 e. The van der Waals surface area contributed by atoms with Gasteiger partial charge in [0.2, 0.25) is 0 Å². The van der Waals surface area contributed by atoms with Crippen LogP contribution in [-0.2, 0) is 13.0 Å². The first-order valence-corrected chi connectivity index (χ1v) is 7.79. The van der Waals surface area contributed by atoms with Crippen molar-refractivity contribution in [3.05, 3.63) is 65.1 Å². The van der Waals surface area contributed by atoms with Crippen LogP contribution >= 0.6 is 0 Å². The number of imidazole rings is 1. The number of anilines is 1. The lowest BCUT2D eigenvalue weighted by Crippen LogP contribution is -2.21. The Labute approximate surface area is 134 Å². The molecule has 0 amide bonds. The fourth-order valence-electron chi connectivity index (χ4n) is 3.45. The summed E-state index contributed by atoms with van der Waals surface area (Å²) in [6.07, 6.45) is 2.10. The lowest BCUT2D eigenvalue weighted by Gasteiger charge is -2.19. The Kier molecular flexibility index (Phi) is 3.32. The van der Waals surface area contributed by atoms with E-state index in [0.717, 1.165) is 28.3 Å². The molecule has 3 aromatic rings. The quantitative estimate of drug-likeness (QED) is 0.694. The molecule has 0 unspecified atom stereocenters. The molecule has 118 valence electrons. The zero-order chi connectivity index (χ0) is 16.0. The van der Waals surface area contributed by atoms with Crippen LogP contribution in [0, 0.1) is 6.92 Å². The molecule has 5 nitrogen and oxygen atoms in total. The van der Waals surface area contributed by atoms with Crippen LogP contribution in [0.15, 0.2) is 42.6 Å². The summed E-state index contributed by atoms with van der Waals surface area (Å²) in [5.74, 6) is 0. The number of fused-ring (bicyclic) bond motifs is 2. The third-order valence-electron chi connectivity index (χ3n) is 4.61. The number of aryl methyl sites for hydroxylation is 1. The highest BCUT2D eigenvalue weighted by atomic mass is 16.3. The molecule has 0 aliphatic heterocycles. The van der Waals surface area contributed by atoms with Gasteiger partial charge in [-0.25, -0.2) is 4.98 Å². The van der Waals surface area contributed by atoms with Crippen LogP contribution in [-0.4, -0.2) is 25.7 Å². The first kappa shape index (κ1) is 14.2. The van der Waals surface area contributed by atoms with Crippen LogP contribution in [0.1, 0.15) is 28.6 Å². The Morgan fingerprint density at radius 1 is 1.26 bits per heavy atom. The monoisotopic (exact) mass is 309 g/mol. The van der Waals surface area contributed by atoms with Gasteiger partial charge >= 0.3 is 0 Å². The molecule has 0 saturated carbocycles. The van der Waals surface area contributed by atoms with E-state index in [-0.39, 0.29) is 12.6 Å². The van der Waals surface area contributed by atoms with Crippen LogP contribution in [0.5, 0.6) is 0 Å². The number of hydrogen-bond donors (Lipinski definition) is 3. The second-order valence-corrected chi connectivity index (χ2v) is 6.01. The summed E-state index contributed by atoms with van der Waals surface area (Å²) >= 11 is 0. The van der Waals surface area contributed by atoms with Gasteiger partial charge in [0.1, 0.15) is 0 Å².